The topological polar surface area (TPSA) is 62.7 Å². The first-order valence-electron chi connectivity index (χ1n) is 6.93. The van der Waals surface area contributed by atoms with E-state index < -0.39 is 11.6 Å². The van der Waals surface area contributed by atoms with Crippen LogP contribution in [0.15, 0.2) is 16.7 Å². The van der Waals surface area contributed by atoms with Gasteiger partial charge in [0.2, 0.25) is 0 Å². The Morgan fingerprint density at radius 1 is 1.57 bits per heavy atom. The molecule has 0 saturated carbocycles. The highest BCUT2D eigenvalue weighted by atomic mass is 79.9. The number of hydrogen-bond acceptors (Lipinski definition) is 3. The number of ether oxygens (including phenoxy) is 1. The van der Waals surface area contributed by atoms with E-state index in [2.05, 4.69) is 41.7 Å². The van der Waals surface area contributed by atoms with Crippen LogP contribution in [0.1, 0.15) is 32.9 Å². The van der Waals surface area contributed by atoms with Gasteiger partial charge in [-0.25, -0.2) is 4.79 Å². The van der Waals surface area contributed by atoms with Crippen molar-refractivity contribution in [2.24, 2.45) is 5.41 Å². The molecule has 1 aliphatic rings. The highest BCUT2D eigenvalue weighted by molar-refractivity contribution is 9.10. The van der Waals surface area contributed by atoms with E-state index in [0.717, 1.165) is 16.6 Å². The fourth-order valence-corrected chi connectivity index (χ4v) is 3.06. The maximum Gasteiger partial charge on any atom is 0.407 e. The summed E-state index contributed by atoms with van der Waals surface area (Å²) in [5, 5.41) is 9.38. The SMILES string of the molecule is Cc1ncc(Br)cc1OC[C@@]1(C(C)(C)C)CCN1C(=O)O. The smallest absolute Gasteiger partial charge is 0.407 e. The second-order valence-corrected chi connectivity index (χ2v) is 7.41. The molecule has 0 bridgehead atoms. The summed E-state index contributed by atoms with van der Waals surface area (Å²) in [5.41, 5.74) is 0.105. The molecule has 0 radical (unpaired) electrons. The second kappa shape index (κ2) is 5.48. The molecule has 1 saturated heterocycles. The number of aromatic nitrogens is 1. The van der Waals surface area contributed by atoms with Gasteiger partial charge in [-0.3, -0.25) is 9.88 Å². The Hall–Kier alpha value is -1.30. The lowest BCUT2D eigenvalue weighted by Crippen LogP contribution is -2.70. The van der Waals surface area contributed by atoms with Crippen LogP contribution in [0.5, 0.6) is 5.75 Å². The Balaban J connectivity index is 2.22. The molecule has 2 rings (SSSR count). The Kier molecular flexibility index (Phi) is 4.19. The van der Waals surface area contributed by atoms with Crippen molar-refractivity contribution in [3.05, 3.63) is 22.4 Å². The minimum Gasteiger partial charge on any atom is -0.489 e. The van der Waals surface area contributed by atoms with Crippen LogP contribution in [0.3, 0.4) is 0 Å². The fraction of sp³-hybridized carbons (Fsp3) is 0.600. The number of carbonyl (C=O) groups is 1. The van der Waals surface area contributed by atoms with Gasteiger partial charge in [0.25, 0.3) is 0 Å². The number of amides is 1. The van der Waals surface area contributed by atoms with Crippen molar-refractivity contribution >= 4 is 22.0 Å². The number of carboxylic acid groups (broad SMARTS) is 1. The molecule has 1 atom stereocenters. The first-order valence-corrected chi connectivity index (χ1v) is 7.72. The zero-order valence-corrected chi connectivity index (χ0v) is 14.4. The molecule has 1 aliphatic heterocycles. The third kappa shape index (κ3) is 2.86. The molecule has 0 aliphatic carbocycles. The van der Waals surface area contributed by atoms with Gasteiger partial charge in [0.15, 0.2) is 0 Å². The van der Waals surface area contributed by atoms with Gasteiger partial charge in [-0.1, -0.05) is 20.8 Å². The first-order chi connectivity index (χ1) is 9.67. The molecule has 0 unspecified atom stereocenters. The number of halogens is 1. The van der Waals surface area contributed by atoms with Crippen LogP contribution in [0, 0.1) is 12.3 Å². The van der Waals surface area contributed by atoms with Gasteiger partial charge in [-0.15, -0.1) is 0 Å². The van der Waals surface area contributed by atoms with Gasteiger partial charge in [-0.2, -0.15) is 0 Å². The van der Waals surface area contributed by atoms with Gasteiger partial charge < -0.3 is 9.84 Å². The second-order valence-electron chi connectivity index (χ2n) is 6.49. The average Bonchev–Trinajstić information content (AvgIpc) is 2.30. The molecule has 1 aromatic heterocycles. The lowest BCUT2D eigenvalue weighted by Gasteiger charge is -2.58. The zero-order chi connectivity index (χ0) is 15.8. The van der Waals surface area contributed by atoms with E-state index >= 15 is 0 Å². The van der Waals surface area contributed by atoms with Crippen LogP contribution in [-0.2, 0) is 0 Å². The molecular formula is C15H21BrN2O3. The Morgan fingerprint density at radius 2 is 2.24 bits per heavy atom. The van der Waals surface area contributed by atoms with Gasteiger partial charge >= 0.3 is 6.09 Å². The van der Waals surface area contributed by atoms with Gasteiger partial charge in [0, 0.05) is 17.2 Å². The van der Waals surface area contributed by atoms with E-state index in [-0.39, 0.29) is 5.41 Å². The molecule has 1 fully saturated rings. The highest BCUT2D eigenvalue weighted by Gasteiger charge is 2.56. The molecule has 1 N–H and O–H groups in total. The predicted molar refractivity (Wildman–Crippen MR) is 83.7 cm³/mol. The Bertz CT molecular complexity index is 556. The summed E-state index contributed by atoms with van der Waals surface area (Å²) in [7, 11) is 0. The first kappa shape index (κ1) is 16.1. The van der Waals surface area contributed by atoms with Crippen molar-refractivity contribution in [1.82, 2.24) is 9.88 Å². The predicted octanol–water partition coefficient (Wildman–Crippen LogP) is 3.70. The van der Waals surface area contributed by atoms with Gasteiger partial charge in [0.05, 0.1) is 11.2 Å². The summed E-state index contributed by atoms with van der Waals surface area (Å²) in [5.74, 6) is 0.685. The molecule has 0 aromatic carbocycles. The maximum atomic E-state index is 11.4. The van der Waals surface area contributed by atoms with Crippen molar-refractivity contribution in [2.75, 3.05) is 13.2 Å². The van der Waals surface area contributed by atoms with E-state index in [9.17, 15) is 9.90 Å². The van der Waals surface area contributed by atoms with Gasteiger partial charge in [-0.05, 0) is 40.8 Å². The van der Waals surface area contributed by atoms with Crippen LogP contribution in [-0.4, -0.2) is 39.8 Å². The van der Waals surface area contributed by atoms with E-state index in [0.29, 0.717) is 18.9 Å². The number of nitrogens with zero attached hydrogens (tertiary/aromatic N) is 2. The lowest BCUT2D eigenvalue weighted by molar-refractivity contribution is -0.0962. The van der Waals surface area contributed by atoms with Crippen LogP contribution in [0.25, 0.3) is 0 Å². The average molecular weight is 357 g/mol. The van der Waals surface area contributed by atoms with Crippen LogP contribution in [0.4, 0.5) is 4.79 Å². The quantitative estimate of drug-likeness (QED) is 0.896. The standard InChI is InChI=1S/C15H21BrN2O3/c1-10-12(7-11(16)8-17-10)21-9-15(14(2,3)4)5-6-18(15)13(19)20/h7-8H,5-6,9H2,1-4H3,(H,19,20)/t15-/m1/s1. The maximum absolute atomic E-state index is 11.4. The zero-order valence-electron chi connectivity index (χ0n) is 12.8. The normalized spacial score (nSPS) is 21.9. The summed E-state index contributed by atoms with van der Waals surface area (Å²) in [6.07, 6.45) is 1.64. The molecule has 5 nitrogen and oxygen atoms in total. The molecule has 21 heavy (non-hydrogen) atoms. The molecule has 6 heteroatoms. The molecular weight excluding hydrogens is 336 g/mol. The Labute approximate surface area is 133 Å². The lowest BCUT2D eigenvalue weighted by atomic mass is 9.66. The third-order valence-electron chi connectivity index (χ3n) is 4.37. The number of rotatable bonds is 3. The largest absolute Gasteiger partial charge is 0.489 e. The van der Waals surface area contributed by atoms with Crippen molar-refractivity contribution in [2.45, 2.75) is 39.7 Å². The number of hydrogen-bond donors (Lipinski definition) is 1. The number of aryl methyl sites for hydroxylation is 1. The minimum atomic E-state index is -0.885. The molecule has 1 aromatic rings. The summed E-state index contributed by atoms with van der Waals surface area (Å²) < 4.78 is 6.78. The third-order valence-corrected chi connectivity index (χ3v) is 4.80. The Morgan fingerprint density at radius 3 is 2.71 bits per heavy atom. The summed E-state index contributed by atoms with van der Waals surface area (Å²) in [4.78, 5) is 17.2. The van der Waals surface area contributed by atoms with E-state index in [1.54, 1.807) is 6.20 Å². The van der Waals surface area contributed by atoms with Crippen molar-refractivity contribution in [3.63, 3.8) is 0 Å². The molecule has 0 spiro atoms. The van der Waals surface area contributed by atoms with Gasteiger partial charge in [0.1, 0.15) is 12.4 Å². The molecule has 116 valence electrons. The minimum absolute atomic E-state index is 0.197. The summed E-state index contributed by atoms with van der Waals surface area (Å²) in [6.45, 7) is 8.93. The van der Waals surface area contributed by atoms with Crippen molar-refractivity contribution < 1.29 is 14.6 Å². The summed E-state index contributed by atoms with van der Waals surface area (Å²) in [6, 6.07) is 1.86. The van der Waals surface area contributed by atoms with E-state index in [4.69, 9.17) is 4.74 Å². The number of likely N-dealkylation sites (tertiary alicyclic amines) is 1. The molecule has 1 amide bonds. The van der Waals surface area contributed by atoms with Crippen LogP contribution < -0.4 is 4.74 Å². The van der Waals surface area contributed by atoms with E-state index in [1.165, 1.54) is 4.90 Å². The summed E-state index contributed by atoms with van der Waals surface area (Å²) >= 11 is 3.38. The highest BCUT2D eigenvalue weighted by Crippen LogP contribution is 2.45. The van der Waals surface area contributed by atoms with E-state index in [1.807, 2.05) is 13.0 Å². The fourth-order valence-electron chi connectivity index (χ4n) is 2.75. The monoisotopic (exact) mass is 356 g/mol. The van der Waals surface area contributed by atoms with Crippen LogP contribution >= 0.6 is 15.9 Å². The van der Waals surface area contributed by atoms with Crippen molar-refractivity contribution in [1.29, 1.82) is 0 Å². The van der Waals surface area contributed by atoms with Crippen molar-refractivity contribution in [3.8, 4) is 5.75 Å². The number of pyridine rings is 1. The van der Waals surface area contributed by atoms with Crippen LogP contribution in [0.2, 0.25) is 0 Å². The molecule has 2 heterocycles.